The third-order valence-electron chi connectivity index (χ3n) is 5.59. The monoisotopic (exact) mass is 369 g/mol. The van der Waals surface area contributed by atoms with Gasteiger partial charge in [-0.15, -0.1) is 0 Å². The summed E-state index contributed by atoms with van der Waals surface area (Å²) in [5.41, 5.74) is 5.99. The van der Waals surface area contributed by atoms with E-state index >= 15 is 0 Å². The number of hydrogen-bond acceptors (Lipinski definition) is 2. The van der Waals surface area contributed by atoms with Gasteiger partial charge in [0.2, 0.25) is 11.4 Å². The van der Waals surface area contributed by atoms with Gasteiger partial charge >= 0.3 is 0 Å². The van der Waals surface area contributed by atoms with Crippen LogP contribution in [0.1, 0.15) is 26.5 Å². The van der Waals surface area contributed by atoms with Gasteiger partial charge in [0.25, 0.3) is 0 Å². The van der Waals surface area contributed by atoms with Crippen LogP contribution in [0.15, 0.2) is 59.1 Å². The van der Waals surface area contributed by atoms with Crippen LogP contribution >= 0.6 is 0 Å². The first kappa shape index (κ1) is 14.8. The minimum atomic E-state index is -1.43. The molecule has 28 heavy (non-hydrogen) atoms. The molecule has 138 valence electrons. The van der Waals surface area contributed by atoms with Crippen molar-refractivity contribution in [2.45, 2.75) is 27.1 Å². The highest BCUT2D eigenvalue weighted by Gasteiger charge is 2.24. The Bertz CT molecular complexity index is 1460. The number of aromatic nitrogens is 2. The lowest BCUT2D eigenvalue weighted by atomic mass is 9.93. The van der Waals surface area contributed by atoms with Gasteiger partial charge in [-0.05, 0) is 54.3 Å². The standard InChI is InChI=1S/C25H23N2O/c1-5-17-12-13-27(4)21(14-17)22-16(3)18-8-6-7-9-19(18)23-20-11-10-15(2)26-25(20)28-24(22)23/h6-14H,5H2,1-4H3/q+1/i5D2. The highest BCUT2D eigenvalue weighted by atomic mass is 16.3. The average molecular weight is 369 g/mol. The van der Waals surface area contributed by atoms with Gasteiger partial charge in [0.05, 0.1) is 5.56 Å². The molecule has 0 atom stereocenters. The van der Waals surface area contributed by atoms with Gasteiger partial charge in [0.1, 0.15) is 7.05 Å². The molecule has 0 spiro atoms. The van der Waals surface area contributed by atoms with Crippen molar-refractivity contribution in [2.75, 3.05) is 0 Å². The topological polar surface area (TPSA) is 29.9 Å². The molecule has 0 aliphatic carbocycles. The summed E-state index contributed by atoms with van der Waals surface area (Å²) in [5, 5.41) is 4.35. The highest BCUT2D eigenvalue weighted by molar-refractivity contribution is 6.22. The second kappa shape index (κ2) is 6.16. The molecule has 0 aliphatic heterocycles. The maximum atomic E-state index is 8.19. The molecule has 3 aromatic heterocycles. The number of furan rings is 1. The van der Waals surface area contributed by atoms with Crippen molar-refractivity contribution in [3.8, 4) is 11.3 Å². The van der Waals surface area contributed by atoms with Crippen molar-refractivity contribution in [1.29, 1.82) is 0 Å². The molecule has 5 rings (SSSR count). The van der Waals surface area contributed by atoms with Crippen LogP contribution < -0.4 is 4.57 Å². The van der Waals surface area contributed by atoms with E-state index in [2.05, 4.69) is 36.2 Å². The Balaban J connectivity index is 2.00. The van der Waals surface area contributed by atoms with E-state index in [1.807, 2.05) is 49.0 Å². The van der Waals surface area contributed by atoms with E-state index in [1.54, 1.807) is 6.92 Å². The molecule has 0 radical (unpaired) electrons. The molecule has 0 saturated heterocycles. The first-order valence-corrected chi connectivity index (χ1v) is 9.47. The van der Waals surface area contributed by atoms with Gasteiger partial charge in [-0.2, -0.15) is 0 Å². The van der Waals surface area contributed by atoms with E-state index in [4.69, 9.17) is 7.16 Å². The summed E-state index contributed by atoms with van der Waals surface area (Å²) in [7, 11) is 1.98. The lowest BCUT2D eigenvalue weighted by Crippen LogP contribution is -2.30. The SMILES string of the molecule is [2H]C([2H])(C)c1cc[n+](C)c(-c2c(C)c3ccccc3c3c2oc2nc(C)ccc23)c1. The molecule has 5 aromatic rings. The van der Waals surface area contributed by atoms with E-state index in [0.29, 0.717) is 11.3 Å². The minimum Gasteiger partial charge on any atom is -0.437 e. The zero-order chi connectivity index (χ0) is 21.2. The van der Waals surface area contributed by atoms with Crippen molar-refractivity contribution in [2.24, 2.45) is 7.05 Å². The van der Waals surface area contributed by atoms with Crippen LogP contribution in [0.3, 0.4) is 0 Å². The molecular formula is C25H23N2O+. The molecule has 3 nitrogen and oxygen atoms in total. The largest absolute Gasteiger partial charge is 0.437 e. The lowest BCUT2D eigenvalue weighted by Gasteiger charge is -2.11. The van der Waals surface area contributed by atoms with E-state index < -0.39 is 6.37 Å². The Morgan fingerprint density at radius 1 is 1.04 bits per heavy atom. The summed E-state index contributed by atoms with van der Waals surface area (Å²) in [4.78, 5) is 4.63. The molecule has 0 aliphatic rings. The summed E-state index contributed by atoms with van der Waals surface area (Å²) in [6, 6.07) is 16.2. The highest BCUT2D eigenvalue weighted by Crippen LogP contribution is 2.42. The molecule has 0 N–H and O–H groups in total. The van der Waals surface area contributed by atoms with Crippen LogP contribution in [0.25, 0.3) is 44.1 Å². The number of rotatable bonds is 2. The zero-order valence-electron chi connectivity index (χ0n) is 18.5. The van der Waals surface area contributed by atoms with E-state index in [0.717, 1.165) is 49.6 Å². The van der Waals surface area contributed by atoms with Crippen molar-refractivity contribution >= 4 is 32.8 Å². The van der Waals surface area contributed by atoms with Crippen molar-refractivity contribution < 1.29 is 11.7 Å². The maximum absolute atomic E-state index is 8.19. The van der Waals surface area contributed by atoms with Gasteiger partial charge in [-0.1, -0.05) is 31.2 Å². The molecule has 0 unspecified atom stereocenters. The summed E-state index contributed by atoms with van der Waals surface area (Å²) >= 11 is 0. The number of pyridine rings is 2. The third-order valence-corrected chi connectivity index (χ3v) is 5.59. The lowest BCUT2D eigenvalue weighted by molar-refractivity contribution is -0.660. The first-order chi connectivity index (χ1) is 14.3. The smallest absolute Gasteiger partial charge is 0.227 e. The predicted octanol–water partition coefficient (Wildman–Crippen LogP) is 5.80. The quantitative estimate of drug-likeness (QED) is 0.368. The Labute approximate surface area is 167 Å². The normalized spacial score (nSPS) is 13.3. The van der Waals surface area contributed by atoms with Crippen LogP contribution in [0.4, 0.5) is 0 Å². The fourth-order valence-corrected chi connectivity index (χ4v) is 4.13. The molecule has 3 heterocycles. The number of nitrogens with zero attached hydrogens (tertiary/aromatic N) is 2. The fraction of sp³-hybridized carbons (Fsp3) is 0.200. The molecule has 0 fully saturated rings. The second-order valence-corrected chi connectivity index (χ2v) is 7.32. The summed E-state index contributed by atoms with van der Waals surface area (Å²) < 4.78 is 24.8. The van der Waals surface area contributed by atoms with Gasteiger partial charge in [0.15, 0.2) is 11.8 Å². The third kappa shape index (κ3) is 2.36. The first-order valence-electron chi connectivity index (χ1n) is 10.5. The average Bonchev–Trinajstić information content (AvgIpc) is 3.06. The predicted molar refractivity (Wildman–Crippen MR) is 114 cm³/mol. The molecule has 0 bridgehead atoms. The van der Waals surface area contributed by atoms with Crippen LogP contribution in [0.5, 0.6) is 0 Å². The Morgan fingerprint density at radius 2 is 1.82 bits per heavy atom. The minimum absolute atomic E-state index is 0.631. The maximum Gasteiger partial charge on any atom is 0.227 e. The summed E-state index contributed by atoms with van der Waals surface area (Å²) in [6.45, 7) is 5.66. The number of aryl methyl sites for hydroxylation is 4. The summed E-state index contributed by atoms with van der Waals surface area (Å²) in [5.74, 6) is 0. The van der Waals surface area contributed by atoms with Crippen LogP contribution in [-0.2, 0) is 13.4 Å². The van der Waals surface area contributed by atoms with Crippen LogP contribution in [0.2, 0.25) is 0 Å². The van der Waals surface area contributed by atoms with Crippen molar-refractivity contribution in [3.05, 3.63) is 71.5 Å². The molecule has 2 aromatic carbocycles. The number of hydrogen-bond donors (Lipinski definition) is 0. The number of fused-ring (bicyclic) bond motifs is 5. The molecule has 0 amide bonds. The molecule has 0 saturated carbocycles. The van der Waals surface area contributed by atoms with Crippen LogP contribution in [0, 0.1) is 13.8 Å². The Morgan fingerprint density at radius 3 is 2.61 bits per heavy atom. The van der Waals surface area contributed by atoms with Gasteiger partial charge in [-0.25, -0.2) is 9.55 Å². The van der Waals surface area contributed by atoms with E-state index in [1.165, 1.54) is 0 Å². The van der Waals surface area contributed by atoms with Gasteiger partial charge in [-0.3, -0.25) is 0 Å². The zero-order valence-corrected chi connectivity index (χ0v) is 16.5. The molecule has 3 heteroatoms. The van der Waals surface area contributed by atoms with Crippen LogP contribution in [-0.4, -0.2) is 4.98 Å². The Kier molecular flexibility index (Phi) is 3.26. The molecular weight excluding hydrogens is 344 g/mol. The van der Waals surface area contributed by atoms with Gasteiger partial charge in [0, 0.05) is 31.3 Å². The van der Waals surface area contributed by atoms with Crippen molar-refractivity contribution in [3.63, 3.8) is 0 Å². The Hall–Kier alpha value is -3.20. The second-order valence-electron chi connectivity index (χ2n) is 7.32. The van der Waals surface area contributed by atoms with E-state index in [9.17, 15) is 0 Å². The summed E-state index contributed by atoms with van der Waals surface area (Å²) in [6.07, 6.45) is 0.483. The van der Waals surface area contributed by atoms with E-state index in [-0.39, 0.29) is 0 Å². The van der Waals surface area contributed by atoms with Crippen molar-refractivity contribution in [1.82, 2.24) is 4.98 Å². The number of benzene rings is 2. The van der Waals surface area contributed by atoms with Gasteiger partial charge < -0.3 is 4.42 Å². The fourth-order valence-electron chi connectivity index (χ4n) is 4.13.